The average molecular weight is 249 g/mol. The van der Waals surface area contributed by atoms with Crippen molar-refractivity contribution >= 4 is 11.8 Å². The third-order valence-electron chi connectivity index (χ3n) is 3.68. The lowest BCUT2D eigenvalue weighted by Gasteiger charge is -2.28. The predicted octanol–water partition coefficient (Wildman–Crippen LogP) is 3.76. The van der Waals surface area contributed by atoms with E-state index in [0.29, 0.717) is 0 Å². The maximum Gasteiger partial charge on any atom is 0.0208 e. The zero-order valence-corrected chi connectivity index (χ0v) is 11.7. The van der Waals surface area contributed by atoms with Crippen molar-refractivity contribution < 1.29 is 0 Å². The molecule has 1 fully saturated rings. The molecule has 0 radical (unpaired) electrons. The van der Waals surface area contributed by atoms with Gasteiger partial charge in [0.15, 0.2) is 0 Å². The van der Waals surface area contributed by atoms with Gasteiger partial charge >= 0.3 is 0 Å². The average Bonchev–Trinajstić information content (AvgIpc) is 2.37. The molecular formula is C15H23NS. The molecule has 0 spiro atoms. The summed E-state index contributed by atoms with van der Waals surface area (Å²) in [5.74, 6) is 0. The lowest BCUT2D eigenvalue weighted by Crippen LogP contribution is -2.33. The van der Waals surface area contributed by atoms with E-state index >= 15 is 0 Å². The fraction of sp³-hybridized carbons (Fsp3) is 0.600. The first-order valence-electron chi connectivity index (χ1n) is 6.59. The lowest BCUT2D eigenvalue weighted by molar-refractivity contribution is 0.379. The van der Waals surface area contributed by atoms with Crippen LogP contribution in [0.25, 0.3) is 0 Å². The highest BCUT2D eigenvalue weighted by Gasteiger charge is 2.19. The first kappa shape index (κ1) is 13.0. The van der Waals surface area contributed by atoms with Gasteiger partial charge in [0.2, 0.25) is 0 Å². The van der Waals surface area contributed by atoms with Crippen LogP contribution < -0.4 is 5.32 Å². The van der Waals surface area contributed by atoms with Crippen molar-refractivity contribution in [2.45, 2.75) is 50.4 Å². The number of benzene rings is 1. The summed E-state index contributed by atoms with van der Waals surface area (Å²) >= 11 is 2.04. The molecule has 1 aliphatic carbocycles. The predicted molar refractivity (Wildman–Crippen MR) is 77.6 cm³/mol. The SMILES string of the molecule is CSC1CCC(NCc2cccc(C)c2)CC1. The van der Waals surface area contributed by atoms with Crippen LogP contribution in [0.2, 0.25) is 0 Å². The highest BCUT2D eigenvalue weighted by atomic mass is 32.2. The molecule has 1 saturated carbocycles. The Kier molecular flexibility index (Phi) is 4.93. The van der Waals surface area contributed by atoms with E-state index in [1.54, 1.807) is 0 Å². The summed E-state index contributed by atoms with van der Waals surface area (Å²) in [4.78, 5) is 0. The molecule has 0 atom stereocenters. The number of hydrogen-bond acceptors (Lipinski definition) is 2. The van der Waals surface area contributed by atoms with Crippen molar-refractivity contribution in [2.75, 3.05) is 6.26 Å². The summed E-state index contributed by atoms with van der Waals surface area (Å²) in [6.45, 7) is 3.18. The largest absolute Gasteiger partial charge is 0.310 e. The first-order valence-corrected chi connectivity index (χ1v) is 7.88. The van der Waals surface area contributed by atoms with Crippen LogP contribution in [0.15, 0.2) is 24.3 Å². The zero-order valence-electron chi connectivity index (χ0n) is 10.9. The molecule has 94 valence electrons. The monoisotopic (exact) mass is 249 g/mol. The van der Waals surface area contributed by atoms with Gasteiger partial charge in [-0.1, -0.05) is 29.8 Å². The molecule has 1 aromatic carbocycles. The second-order valence-electron chi connectivity index (χ2n) is 5.08. The molecule has 0 heterocycles. The maximum absolute atomic E-state index is 3.70. The van der Waals surface area contributed by atoms with Gasteiger partial charge in [0, 0.05) is 17.8 Å². The molecule has 17 heavy (non-hydrogen) atoms. The van der Waals surface area contributed by atoms with Crippen LogP contribution >= 0.6 is 11.8 Å². The van der Waals surface area contributed by atoms with Crippen LogP contribution in [-0.4, -0.2) is 17.5 Å². The normalized spacial score (nSPS) is 24.8. The topological polar surface area (TPSA) is 12.0 Å². The van der Waals surface area contributed by atoms with Gasteiger partial charge in [-0.2, -0.15) is 11.8 Å². The van der Waals surface area contributed by atoms with Gasteiger partial charge in [0.05, 0.1) is 0 Å². The van der Waals surface area contributed by atoms with Crippen LogP contribution in [0, 0.1) is 6.92 Å². The van der Waals surface area contributed by atoms with E-state index in [0.717, 1.165) is 17.8 Å². The summed E-state index contributed by atoms with van der Waals surface area (Å²) in [6.07, 6.45) is 7.69. The molecule has 1 aromatic rings. The molecular weight excluding hydrogens is 226 g/mol. The number of nitrogens with one attached hydrogen (secondary N) is 1. The van der Waals surface area contributed by atoms with E-state index in [9.17, 15) is 0 Å². The molecule has 1 N–H and O–H groups in total. The fourth-order valence-corrected chi connectivity index (χ4v) is 3.33. The molecule has 2 rings (SSSR count). The second kappa shape index (κ2) is 6.46. The van der Waals surface area contributed by atoms with Crippen molar-refractivity contribution in [1.82, 2.24) is 5.32 Å². The van der Waals surface area contributed by atoms with Crippen molar-refractivity contribution in [1.29, 1.82) is 0 Å². The maximum atomic E-state index is 3.70. The van der Waals surface area contributed by atoms with Crippen LogP contribution in [0.1, 0.15) is 36.8 Å². The molecule has 0 aromatic heterocycles. The standard InChI is InChI=1S/C15H23NS/c1-12-4-3-5-13(10-12)11-16-14-6-8-15(17-2)9-7-14/h3-5,10,14-16H,6-9,11H2,1-2H3. The third-order valence-corrected chi connectivity index (χ3v) is 4.82. The Morgan fingerprint density at radius 2 is 2.00 bits per heavy atom. The molecule has 0 unspecified atom stereocenters. The van der Waals surface area contributed by atoms with Crippen molar-refractivity contribution in [3.8, 4) is 0 Å². The van der Waals surface area contributed by atoms with Gasteiger partial charge in [-0.3, -0.25) is 0 Å². The Balaban J connectivity index is 1.76. The van der Waals surface area contributed by atoms with E-state index < -0.39 is 0 Å². The molecule has 1 nitrogen and oxygen atoms in total. The summed E-state index contributed by atoms with van der Waals surface area (Å²) in [7, 11) is 0. The molecule has 0 saturated heterocycles. The Hall–Kier alpha value is -0.470. The Morgan fingerprint density at radius 3 is 2.65 bits per heavy atom. The van der Waals surface area contributed by atoms with Crippen LogP contribution in [0.4, 0.5) is 0 Å². The zero-order chi connectivity index (χ0) is 12.1. The number of hydrogen-bond donors (Lipinski definition) is 1. The Bertz CT molecular complexity index is 343. The van der Waals surface area contributed by atoms with E-state index in [2.05, 4.69) is 42.8 Å². The summed E-state index contributed by atoms with van der Waals surface area (Å²) < 4.78 is 0. The number of thioether (sulfide) groups is 1. The molecule has 2 heteroatoms. The minimum atomic E-state index is 0.735. The van der Waals surface area contributed by atoms with Gasteiger partial charge in [0.1, 0.15) is 0 Å². The van der Waals surface area contributed by atoms with Crippen LogP contribution in [0.5, 0.6) is 0 Å². The van der Waals surface area contributed by atoms with E-state index in [4.69, 9.17) is 0 Å². The molecule has 0 amide bonds. The van der Waals surface area contributed by atoms with Gasteiger partial charge in [-0.15, -0.1) is 0 Å². The van der Waals surface area contributed by atoms with Gasteiger partial charge in [0.25, 0.3) is 0 Å². The van der Waals surface area contributed by atoms with Gasteiger partial charge in [-0.05, 0) is 44.4 Å². The van der Waals surface area contributed by atoms with Crippen LogP contribution in [-0.2, 0) is 6.54 Å². The fourth-order valence-electron chi connectivity index (χ4n) is 2.59. The van der Waals surface area contributed by atoms with E-state index in [1.165, 1.54) is 36.8 Å². The van der Waals surface area contributed by atoms with Crippen molar-refractivity contribution in [3.05, 3.63) is 35.4 Å². The smallest absolute Gasteiger partial charge is 0.0208 e. The van der Waals surface area contributed by atoms with Gasteiger partial charge < -0.3 is 5.32 Å². The minimum absolute atomic E-state index is 0.735. The van der Waals surface area contributed by atoms with Gasteiger partial charge in [-0.25, -0.2) is 0 Å². The minimum Gasteiger partial charge on any atom is -0.310 e. The Labute approximate surface area is 109 Å². The Morgan fingerprint density at radius 1 is 1.24 bits per heavy atom. The van der Waals surface area contributed by atoms with Crippen molar-refractivity contribution in [2.24, 2.45) is 0 Å². The summed E-state index contributed by atoms with van der Waals surface area (Å²) in [5, 5.41) is 4.61. The van der Waals surface area contributed by atoms with Crippen LogP contribution in [0.3, 0.4) is 0 Å². The molecule has 0 bridgehead atoms. The molecule has 1 aliphatic rings. The quantitative estimate of drug-likeness (QED) is 0.872. The van der Waals surface area contributed by atoms with Crippen molar-refractivity contribution in [3.63, 3.8) is 0 Å². The second-order valence-corrected chi connectivity index (χ2v) is 6.22. The van der Waals surface area contributed by atoms with E-state index in [-0.39, 0.29) is 0 Å². The summed E-state index contributed by atoms with van der Waals surface area (Å²) in [5.41, 5.74) is 2.77. The number of rotatable bonds is 4. The van der Waals surface area contributed by atoms with E-state index in [1.807, 2.05) is 11.8 Å². The highest BCUT2D eigenvalue weighted by molar-refractivity contribution is 7.99. The first-order chi connectivity index (χ1) is 8.28. The lowest BCUT2D eigenvalue weighted by atomic mass is 9.95. The molecule has 0 aliphatic heterocycles. The summed E-state index contributed by atoms with van der Waals surface area (Å²) in [6, 6.07) is 9.54. The number of aryl methyl sites for hydroxylation is 1. The highest BCUT2D eigenvalue weighted by Crippen LogP contribution is 2.26. The third kappa shape index (κ3) is 4.04.